The second-order valence-electron chi connectivity index (χ2n) is 6.77. The number of piperazine rings is 1. The second-order valence-corrected chi connectivity index (χ2v) is 6.77. The number of carbonyl (C=O) groups excluding carboxylic acids is 1. The van der Waals surface area contributed by atoms with Gasteiger partial charge in [0.25, 0.3) is 5.91 Å². The molecular weight excluding hydrogens is 312 g/mol. The van der Waals surface area contributed by atoms with Gasteiger partial charge in [-0.1, -0.05) is 36.4 Å². The number of amides is 1. The van der Waals surface area contributed by atoms with Gasteiger partial charge in [-0.3, -0.25) is 4.79 Å². The molecule has 0 radical (unpaired) electrons. The lowest BCUT2D eigenvalue weighted by Crippen LogP contribution is -2.46. The van der Waals surface area contributed by atoms with Crippen molar-refractivity contribution >= 4 is 22.5 Å². The van der Waals surface area contributed by atoms with Gasteiger partial charge in [0.2, 0.25) is 0 Å². The number of para-hydroxylation sites is 2. The van der Waals surface area contributed by atoms with E-state index < -0.39 is 0 Å². The van der Waals surface area contributed by atoms with Gasteiger partial charge in [0, 0.05) is 42.8 Å². The van der Waals surface area contributed by atoms with Crippen LogP contribution in [0.2, 0.25) is 0 Å². The molecule has 1 aromatic heterocycles. The van der Waals surface area contributed by atoms with Crippen molar-refractivity contribution in [3.8, 4) is 0 Å². The molecule has 1 fully saturated rings. The Kier molecular flexibility index (Phi) is 3.12. The first-order chi connectivity index (χ1) is 12.3. The Hall–Kier alpha value is -2.79. The fraction of sp³-hybridized carbons (Fsp3) is 0.250. The van der Waals surface area contributed by atoms with E-state index in [1.807, 2.05) is 18.2 Å². The third kappa shape index (κ3) is 2.02. The lowest BCUT2D eigenvalue weighted by Gasteiger charge is -2.37. The predicted molar refractivity (Wildman–Crippen MR) is 99.0 cm³/mol. The van der Waals surface area contributed by atoms with Crippen LogP contribution in [0, 0.1) is 0 Å². The number of hydrogen-bond acceptors (Lipinski definition) is 3. The maximum atomic E-state index is 12.4. The molecular formula is C20H20N4O. The number of anilines is 1. The smallest absolute Gasteiger partial charge is 0.251 e. The van der Waals surface area contributed by atoms with Gasteiger partial charge in [-0.2, -0.15) is 0 Å². The van der Waals surface area contributed by atoms with Crippen molar-refractivity contribution in [3.05, 3.63) is 65.4 Å². The quantitative estimate of drug-likeness (QED) is 0.718. The summed E-state index contributed by atoms with van der Waals surface area (Å²) in [5.74, 6) is -0.346. The summed E-state index contributed by atoms with van der Waals surface area (Å²) in [5.41, 5.74) is 11.2. The molecule has 1 amide bonds. The molecule has 1 unspecified atom stereocenters. The molecule has 3 heterocycles. The molecule has 5 nitrogen and oxygen atoms in total. The minimum atomic E-state index is -0.346. The highest BCUT2D eigenvalue weighted by Gasteiger charge is 2.35. The highest BCUT2D eigenvalue weighted by molar-refractivity contribution is 6.08. The SMILES string of the molecule is NC(=O)c1c2n(c3ccccc13)Cc1ccccc1N1CCNCC21. The van der Waals surface area contributed by atoms with Crippen LogP contribution < -0.4 is 16.0 Å². The number of rotatable bonds is 1. The number of aromatic nitrogens is 1. The Morgan fingerprint density at radius 1 is 1.12 bits per heavy atom. The molecule has 25 heavy (non-hydrogen) atoms. The third-order valence-electron chi connectivity index (χ3n) is 5.45. The number of carbonyl (C=O) groups is 1. The van der Waals surface area contributed by atoms with Crippen LogP contribution in [0.1, 0.15) is 27.7 Å². The topological polar surface area (TPSA) is 63.3 Å². The lowest BCUT2D eigenvalue weighted by atomic mass is 10.0. The van der Waals surface area contributed by atoms with E-state index >= 15 is 0 Å². The van der Waals surface area contributed by atoms with Crippen molar-refractivity contribution in [2.75, 3.05) is 24.5 Å². The van der Waals surface area contributed by atoms with Crippen LogP contribution >= 0.6 is 0 Å². The number of primary amides is 1. The number of nitrogens with zero attached hydrogens (tertiary/aromatic N) is 2. The molecule has 126 valence electrons. The first kappa shape index (κ1) is 14.5. The van der Waals surface area contributed by atoms with Crippen LogP contribution in [-0.4, -0.2) is 30.1 Å². The van der Waals surface area contributed by atoms with Crippen molar-refractivity contribution in [1.29, 1.82) is 0 Å². The van der Waals surface area contributed by atoms with Crippen LogP contribution in [0.5, 0.6) is 0 Å². The number of fused-ring (bicyclic) bond motifs is 7. The molecule has 3 aromatic rings. The van der Waals surface area contributed by atoms with E-state index in [-0.39, 0.29) is 11.9 Å². The highest BCUT2D eigenvalue weighted by Crippen LogP contribution is 2.40. The summed E-state index contributed by atoms with van der Waals surface area (Å²) in [6.45, 7) is 3.43. The van der Waals surface area contributed by atoms with Crippen molar-refractivity contribution in [2.24, 2.45) is 5.73 Å². The Morgan fingerprint density at radius 3 is 2.80 bits per heavy atom. The lowest BCUT2D eigenvalue weighted by molar-refractivity contribution is 0.1000. The molecule has 0 bridgehead atoms. The standard InChI is InChI=1S/C20H20N4O/c21-20(25)18-14-6-2-4-8-16(14)24-12-13-5-1-3-7-15(13)23-10-9-22-11-17(23)19(18)24/h1-8,17,22H,9-12H2,(H2,21,25). The first-order valence-corrected chi connectivity index (χ1v) is 8.72. The summed E-state index contributed by atoms with van der Waals surface area (Å²) in [5, 5.41) is 4.44. The van der Waals surface area contributed by atoms with E-state index in [9.17, 15) is 4.79 Å². The van der Waals surface area contributed by atoms with Gasteiger partial charge >= 0.3 is 0 Å². The van der Waals surface area contributed by atoms with Crippen LogP contribution in [-0.2, 0) is 6.54 Å². The molecule has 2 aromatic carbocycles. The Labute approximate surface area is 146 Å². The van der Waals surface area contributed by atoms with Gasteiger partial charge in [0.05, 0.1) is 17.3 Å². The molecule has 0 saturated carbocycles. The average Bonchev–Trinajstić information content (AvgIpc) is 2.89. The summed E-state index contributed by atoms with van der Waals surface area (Å²) >= 11 is 0. The number of nitrogens with one attached hydrogen (secondary N) is 1. The second kappa shape index (κ2) is 5.36. The van der Waals surface area contributed by atoms with Gasteiger partial charge in [-0.25, -0.2) is 0 Å². The van der Waals surface area contributed by atoms with Crippen LogP contribution in [0.15, 0.2) is 48.5 Å². The molecule has 1 saturated heterocycles. The zero-order valence-electron chi connectivity index (χ0n) is 13.9. The fourth-order valence-corrected chi connectivity index (χ4v) is 4.43. The molecule has 3 N–H and O–H groups in total. The maximum absolute atomic E-state index is 12.4. The Morgan fingerprint density at radius 2 is 1.92 bits per heavy atom. The largest absolute Gasteiger partial charge is 0.366 e. The molecule has 2 aliphatic rings. The summed E-state index contributed by atoms with van der Waals surface area (Å²) in [6.07, 6.45) is 0. The molecule has 0 aliphatic carbocycles. The zero-order valence-corrected chi connectivity index (χ0v) is 13.9. The number of hydrogen-bond donors (Lipinski definition) is 2. The highest BCUT2D eigenvalue weighted by atomic mass is 16.1. The average molecular weight is 332 g/mol. The third-order valence-corrected chi connectivity index (χ3v) is 5.45. The molecule has 0 spiro atoms. The monoisotopic (exact) mass is 332 g/mol. The number of benzene rings is 2. The van der Waals surface area contributed by atoms with Gasteiger partial charge in [0.15, 0.2) is 0 Å². The predicted octanol–water partition coefficient (Wildman–Crippen LogP) is 2.25. The molecule has 2 aliphatic heterocycles. The van der Waals surface area contributed by atoms with Gasteiger partial charge in [-0.05, 0) is 17.7 Å². The Balaban J connectivity index is 1.87. The van der Waals surface area contributed by atoms with E-state index in [0.29, 0.717) is 5.56 Å². The maximum Gasteiger partial charge on any atom is 0.251 e. The van der Waals surface area contributed by atoms with Gasteiger partial charge in [-0.15, -0.1) is 0 Å². The summed E-state index contributed by atoms with van der Waals surface area (Å²) in [7, 11) is 0. The fourth-order valence-electron chi connectivity index (χ4n) is 4.43. The first-order valence-electron chi connectivity index (χ1n) is 8.72. The van der Waals surface area contributed by atoms with Crippen molar-refractivity contribution < 1.29 is 4.79 Å². The molecule has 5 rings (SSSR count). The van der Waals surface area contributed by atoms with Crippen LogP contribution in [0.4, 0.5) is 5.69 Å². The normalized spacial score (nSPS) is 19.0. The van der Waals surface area contributed by atoms with Crippen molar-refractivity contribution in [1.82, 2.24) is 9.88 Å². The summed E-state index contributed by atoms with van der Waals surface area (Å²) in [4.78, 5) is 14.8. The summed E-state index contributed by atoms with van der Waals surface area (Å²) in [6, 6.07) is 16.7. The van der Waals surface area contributed by atoms with Gasteiger partial charge < -0.3 is 20.5 Å². The molecule has 1 atom stereocenters. The van der Waals surface area contributed by atoms with E-state index in [1.165, 1.54) is 11.3 Å². The van der Waals surface area contributed by atoms with Crippen molar-refractivity contribution in [2.45, 2.75) is 12.6 Å². The minimum Gasteiger partial charge on any atom is -0.366 e. The van der Waals surface area contributed by atoms with E-state index in [2.05, 4.69) is 45.1 Å². The van der Waals surface area contributed by atoms with Gasteiger partial charge in [0.1, 0.15) is 0 Å². The Bertz CT molecular complexity index is 991. The van der Waals surface area contributed by atoms with E-state index in [1.54, 1.807) is 0 Å². The van der Waals surface area contributed by atoms with Crippen LogP contribution in [0.3, 0.4) is 0 Å². The van der Waals surface area contributed by atoms with Crippen molar-refractivity contribution in [3.63, 3.8) is 0 Å². The zero-order chi connectivity index (χ0) is 17.0. The molecule has 5 heteroatoms. The van der Waals surface area contributed by atoms with E-state index in [4.69, 9.17) is 5.73 Å². The summed E-state index contributed by atoms with van der Waals surface area (Å²) < 4.78 is 2.28. The van der Waals surface area contributed by atoms with Crippen LogP contribution in [0.25, 0.3) is 10.9 Å². The number of nitrogens with two attached hydrogens (primary N) is 1. The minimum absolute atomic E-state index is 0.104. The van der Waals surface area contributed by atoms with E-state index in [0.717, 1.165) is 42.8 Å².